The van der Waals surface area contributed by atoms with E-state index in [0.29, 0.717) is 0 Å². The minimum Gasteiger partial charge on any atom is -0.452 e. The number of esters is 1. The highest BCUT2D eigenvalue weighted by molar-refractivity contribution is 6.19. The van der Waals surface area contributed by atoms with Crippen molar-refractivity contribution in [3.63, 3.8) is 0 Å². The van der Waals surface area contributed by atoms with Crippen molar-refractivity contribution in [2.45, 2.75) is 25.9 Å². The molecule has 0 saturated heterocycles. The molecule has 2 nitrogen and oxygen atoms in total. The largest absolute Gasteiger partial charge is 0.452 e. The monoisotopic (exact) mass is 206 g/mol. The molecule has 0 unspecified atom stereocenters. The van der Waals surface area contributed by atoms with Crippen LogP contribution in [0.5, 0.6) is 0 Å². The number of ether oxygens (including phenoxy) is 1. The standard InChI is InChI=1S/C9H12ClFO2/c1-9(2,11)7-8(12)13-6-4-3-5-10/h5-7H2,1-2H3. The van der Waals surface area contributed by atoms with Gasteiger partial charge in [0.1, 0.15) is 5.67 Å². The predicted octanol–water partition coefficient (Wildman–Crippen LogP) is 1.91. The van der Waals surface area contributed by atoms with E-state index >= 15 is 0 Å². The molecule has 0 aromatic carbocycles. The summed E-state index contributed by atoms with van der Waals surface area (Å²) in [5.41, 5.74) is -1.53. The average molecular weight is 207 g/mol. The van der Waals surface area contributed by atoms with E-state index in [4.69, 9.17) is 11.6 Å². The lowest BCUT2D eigenvalue weighted by molar-refractivity contribution is -0.144. The summed E-state index contributed by atoms with van der Waals surface area (Å²) in [6.07, 6.45) is -0.254. The molecule has 0 amide bonds. The van der Waals surface area contributed by atoms with E-state index < -0.39 is 11.6 Å². The molecule has 0 N–H and O–H groups in total. The van der Waals surface area contributed by atoms with Gasteiger partial charge in [0.25, 0.3) is 0 Å². The Kier molecular flexibility index (Phi) is 5.48. The highest BCUT2D eigenvalue weighted by Gasteiger charge is 2.21. The first kappa shape index (κ1) is 12.2. The van der Waals surface area contributed by atoms with Gasteiger partial charge in [0.15, 0.2) is 6.61 Å². The van der Waals surface area contributed by atoms with E-state index in [1.165, 1.54) is 13.8 Å². The molecular formula is C9H12ClFO2. The summed E-state index contributed by atoms with van der Waals surface area (Å²) in [5.74, 6) is 4.63. The summed E-state index contributed by atoms with van der Waals surface area (Å²) in [7, 11) is 0. The molecule has 4 heteroatoms. The average Bonchev–Trinajstić information content (AvgIpc) is 1.94. The van der Waals surface area contributed by atoms with Gasteiger partial charge in [0.2, 0.25) is 0 Å². The number of alkyl halides is 2. The second-order valence-electron chi connectivity index (χ2n) is 3.04. The first-order chi connectivity index (χ1) is 5.95. The summed E-state index contributed by atoms with van der Waals surface area (Å²) in [5, 5.41) is 0. The molecule has 0 aromatic rings. The number of rotatable bonds is 3. The Bertz CT molecular complexity index is 222. The van der Waals surface area contributed by atoms with Crippen molar-refractivity contribution >= 4 is 17.6 Å². The highest BCUT2D eigenvalue weighted by atomic mass is 35.5. The second kappa shape index (κ2) is 5.82. The third-order valence-electron chi connectivity index (χ3n) is 1.06. The number of hydrogen-bond donors (Lipinski definition) is 0. The van der Waals surface area contributed by atoms with Gasteiger partial charge in [0, 0.05) is 0 Å². The summed E-state index contributed by atoms with van der Waals surface area (Å²) in [6.45, 7) is 2.61. The van der Waals surface area contributed by atoms with Crippen LogP contribution in [0, 0.1) is 11.8 Å². The third-order valence-corrected chi connectivity index (χ3v) is 1.20. The Balaban J connectivity index is 3.64. The van der Waals surface area contributed by atoms with E-state index in [1.807, 2.05) is 0 Å². The van der Waals surface area contributed by atoms with E-state index in [1.54, 1.807) is 0 Å². The molecule has 0 atom stereocenters. The predicted molar refractivity (Wildman–Crippen MR) is 49.3 cm³/mol. The van der Waals surface area contributed by atoms with Crippen LogP contribution in [0.1, 0.15) is 20.3 Å². The van der Waals surface area contributed by atoms with E-state index in [-0.39, 0.29) is 18.9 Å². The Morgan fingerprint density at radius 3 is 2.62 bits per heavy atom. The van der Waals surface area contributed by atoms with Crippen molar-refractivity contribution < 1.29 is 13.9 Å². The zero-order valence-corrected chi connectivity index (χ0v) is 8.45. The fraction of sp³-hybridized carbons (Fsp3) is 0.667. The molecule has 0 spiro atoms. The quantitative estimate of drug-likeness (QED) is 0.401. The van der Waals surface area contributed by atoms with Crippen LogP contribution in [0.3, 0.4) is 0 Å². The Hall–Kier alpha value is -0.750. The van der Waals surface area contributed by atoms with Gasteiger partial charge in [0.05, 0.1) is 12.3 Å². The molecule has 0 aliphatic rings. The first-order valence-corrected chi connectivity index (χ1v) is 4.35. The Labute approximate surface area is 82.4 Å². The highest BCUT2D eigenvalue weighted by Crippen LogP contribution is 2.13. The molecule has 0 aromatic heterocycles. The van der Waals surface area contributed by atoms with Crippen LogP contribution in [0.2, 0.25) is 0 Å². The zero-order chi connectivity index (χ0) is 10.3. The SMILES string of the molecule is CC(C)(F)CC(=O)OCC#CCCl. The summed E-state index contributed by atoms with van der Waals surface area (Å²) in [6, 6.07) is 0. The zero-order valence-electron chi connectivity index (χ0n) is 7.69. The number of halogens is 2. The van der Waals surface area contributed by atoms with Gasteiger partial charge in [-0.3, -0.25) is 4.79 Å². The summed E-state index contributed by atoms with van der Waals surface area (Å²) in [4.78, 5) is 10.9. The van der Waals surface area contributed by atoms with Crippen LogP contribution < -0.4 is 0 Å². The fourth-order valence-corrected chi connectivity index (χ4v) is 0.704. The van der Waals surface area contributed by atoms with Crippen LogP contribution in [0.15, 0.2) is 0 Å². The van der Waals surface area contributed by atoms with E-state index in [0.717, 1.165) is 0 Å². The van der Waals surface area contributed by atoms with Crippen molar-refractivity contribution in [2.75, 3.05) is 12.5 Å². The molecule has 0 rings (SSSR count). The van der Waals surface area contributed by atoms with Gasteiger partial charge in [-0.15, -0.1) is 11.6 Å². The van der Waals surface area contributed by atoms with Gasteiger partial charge in [-0.2, -0.15) is 0 Å². The lowest BCUT2D eigenvalue weighted by Gasteiger charge is -2.11. The van der Waals surface area contributed by atoms with Gasteiger partial charge < -0.3 is 4.74 Å². The minimum absolute atomic E-state index is 0.0262. The maximum absolute atomic E-state index is 12.9. The Morgan fingerprint density at radius 2 is 2.15 bits per heavy atom. The molecule has 0 aliphatic carbocycles. The van der Waals surface area contributed by atoms with Crippen molar-refractivity contribution in [2.24, 2.45) is 0 Å². The third kappa shape index (κ3) is 9.16. The molecule has 0 aliphatic heterocycles. The molecule has 0 heterocycles. The number of carbonyl (C=O) groups excluding carboxylic acids is 1. The van der Waals surface area contributed by atoms with Crippen LogP contribution in [-0.4, -0.2) is 24.1 Å². The molecule has 13 heavy (non-hydrogen) atoms. The number of hydrogen-bond acceptors (Lipinski definition) is 2. The minimum atomic E-state index is -1.53. The molecule has 74 valence electrons. The van der Waals surface area contributed by atoms with Gasteiger partial charge >= 0.3 is 5.97 Å². The lowest BCUT2D eigenvalue weighted by Crippen LogP contribution is -2.19. The van der Waals surface area contributed by atoms with Gasteiger partial charge in [-0.1, -0.05) is 11.8 Å². The van der Waals surface area contributed by atoms with Crippen LogP contribution in [0.25, 0.3) is 0 Å². The van der Waals surface area contributed by atoms with E-state index in [2.05, 4.69) is 16.6 Å². The molecule has 0 fully saturated rings. The number of carbonyl (C=O) groups is 1. The van der Waals surface area contributed by atoms with Crippen LogP contribution >= 0.6 is 11.6 Å². The molecule has 0 radical (unpaired) electrons. The lowest BCUT2D eigenvalue weighted by atomic mass is 10.1. The smallest absolute Gasteiger partial charge is 0.309 e. The van der Waals surface area contributed by atoms with Crippen molar-refractivity contribution in [3.8, 4) is 11.8 Å². The molecule has 0 saturated carbocycles. The fourth-order valence-electron chi connectivity index (χ4n) is 0.609. The molecular weight excluding hydrogens is 195 g/mol. The Morgan fingerprint density at radius 1 is 1.54 bits per heavy atom. The van der Waals surface area contributed by atoms with Crippen molar-refractivity contribution in [1.29, 1.82) is 0 Å². The maximum Gasteiger partial charge on any atom is 0.309 e. The van der Waals surface area contributed by atoms with Gasteiger partial charge in [-0.05, 0) is 13.8 Å². The van der Waals surface area contributed by atoms with Crippen molar-refractivity contribution in [3.05, 3.63) is 0 Å². The maximum atomic E-state index is 12.9. The summed E-state index contributed by atoms with van der Waals surface area (Å²) >= 11 is 5.25. The first-order valence-electron chi connectivity index (χ1n) is 3.82. The normalized spacial score (nSPS) is 10.2. The van der Waals surface area contributed by atoms with Crippen LogP contribution in [0.4, 0.5) is 4.39 Å². The van der Waals surface area contributed by atoms with Crippen molar-refractivity contribution in [1.82, 2.24) is 0 Å². The topological polar surface area (TPSA) is 26.3 Å². The van der Waals surface area contributed by atoms with E-state index in [9.17, 15) is 9.18 Å². The second-order valence-corrected chi connectivity index (χ2v) is 3.31. The van der Waals surface area contributed by atoms with Crippen LogP contribution in [-0.2, 0) is 9.53 Å². The summed E-state index contributed by atoms with van der Waals surface area (Å²) < 4.78 is 17.5. The molecule has 0 bridgehead atoms. The van der Waals surface area contributed by atoms with Gasteiger partial charge in [-0.25, -0.2) is 4.39 Å².